The first-order valence-corrected chi connectivity index (χ1v) is 19.6. The molecule has 16 heteroatoms. The Balaban J connectivity index is 0.000000158. The van der Waals surface area contributed by atoms with Crippen molar-refractivity contribution in [2.24, 2.45) is 7.05 Å². The van der Waals surface area contributed by atoms with Gasteiger partial charge in [0.05, 0.1) is 41.7 Å². The first kappa shape index (κ1) is 37.4. The fourth-order valence-electron chi connectivity index (χ4n) is 7.15. The van der Waals surface area contributed by atoms with Crippen LogP contribution in [0.4, 0.5) is 23.3 Å². The molecule has 0 spiro atoms. The Morgan fingerprint density at radius 2 is 1.29 bits per heavy atom. The topological polar surface area (TPSA) is 136 Å². The molecule has 1 aromatic carbocycles. The van der Waals surface area contributed by atoms with Crippen molar-refractivity contribution in [3.05, 3.63) is 77.2 Å². The van der Waals surface area contributed by atoms with Gasteiger partial charge in [-0.1, -0.05) is 23.7 Å². The summed E-state index contributed by atoms with van der Waals surface area (Å²) < 4.78 is 19.1. The van der Waals surface area contributed by atoms with Gasteiger partial charge in [-0.2, -0.15) is 25.0 Å². The number of halogens is 1. The third-order valence-corrected chi connectivity index (χ3v) is 10.3. The molecule has 0 aliphatic carbocycles. The van der Waals surface area contributed by atoms with Crippen LogP contribution in [-0.4, -0.2) is 106 Å². The van der Waals surface area contributed by atoms with Gasteiger partial charge in [-0.3, -0.25) is 4.68 Å². The van der Waals surface area contributed by atoms with E-state index in [2.05, 4.69) is 46.9 Å². The van der Waals surface area contributed by atoms with E-state index < -0.39 is 0 Å². The van der Waals surface area contributed by atoms with E-state index in [0.717, 1.165) is 95.9 Å². The third-order valence-electron chi connectivity index (χ3n) is 10.0. The lowest BCUT2D eigenvalue weighted by molar-refractivity contribution is 0.122. The van der Waals surface area contributed by atoms with Gasteiger partial charge in [0.25, 0.3) is 0 Å². The van der Waals surface area contributed by atoms with Crippen LogP contribution in [0.3, 0.4) is 0 Å². The number of benzene rings is 1. The van der Waals surface area contributed by atoms with E-state index in [1.165, 1.54) is 25.7 Å². The minimum absolute atomic E-state index is 0.327. The largest absolute Gasteiger partial charge is 0.457 e. The lowest BCUT2D eigenvalue weighted by atomic mass is 10.2. The molecule has 3 saturated heterocycles. The molecule has 3 aliphatic rings. The molecule has 0 amide bonds. The van der Waals surface area contributed by atoms with Gasteiger partial charge in [0.15, 0.2) is 5.65 Å². The monoisotopic (exact) mass is 778 g/mol. The number of pyridine rings is 2. The highest BCUT2D eigenvalue weighted by Gasteiger charge is 2.21. The maximum absolute atomic E-state index is 6.13. The van der Waals surface area contributed by atoms with Crippen molar-refractivity contribution >= 4 is 56.8 Å². The summed E-state index contributed by atoms with van der Waals surface area (Å²) in [4.78, 5) is 36.6. The highest BCUT2D eigenvalue weighted by molar-refractivity contribution is 6.31. The Hall–Kier alpha value is -5.54. The fourth-order valence-corrected chi connectivity index (χ4v) is 7.33. The van der Waals surface area contributed by atoms with Crippen molar-refractivity contribution in [3.63, 3.8) is 0 Å². The first-order chi connectivity index (χ1) is 27.4. The van der Waals surface area contributed by atoms with Crippen molar-refractivity contribution in [3.8, 4) is 12.0 Å². The second kappa shape index (κ2) is 17.1. The standard InChI is InChI=1S/C20H22ClN5O.C20H25N7O2/c1-25(2)19-16-12-14(21)8-9-17(16)23-20(24-19)27-13-15-6-5-7-18(22-15)26-10-3-4-11-26;1-25-18-16(13-21-25)19(27-9-11-28-12-10-27)24-20(23-18)29-14-15-5-4-6-17(22-15)26-7-2-3-8-26/h5-9,12H,3-4,10-11,13H2,1-2H3;4-6,13H,2-3,7-12,14H2,1H3. The SMILES string of the molecule is CN(C)c1nc(OCc2cccc(N3CCCC3)n2)nc2ccc(Cl)cc12.Cn1ncc2c(N3CCOCC3)nc(OCc3cccc(N4CCCC4)n3)nc21. The average molecular weight is 779 g/mol. The maximum Gasteiger partial charge on any atom is 0.320 e. The number of hydrogen-bond donors (Lipinski definition) is 0. The van der Waals surface area contributed by atoms with Crippen LogP contribution >= 0.6 is 11.6 Å². The van der Waals surface area contributed by atoms with Crippen molar-refractivity contribution in [2.45, 2.75) is 38.9 Å². The van der Waals surface area contributed by atoms with Crippen molar-refractivity contribution in [1.29, 1.82) is 0 Å². The molecular formula is C40H47ClN12O3. The Morgan fingerprint density at radius 3 is 1.89 bits per heavy atom. The number of nitrogens with zero attached hydrogens (tertiary/aromatic N) is 12. The predicted octanol–water partition coefficient (Wildman–Crippen LogP) is 5.70. The van der Waals surface area contributed by atoms with E-state index in [4.69, 9.17) is 40.8 Å². The summed E-state index contributed by atoms with van der Waals surface area (Å²) in [5, 5.41) is 6.83. The van der Waals surface area contributed by atoms with Crippen LogP contribution in [0.2, 0.25) is 5.02 Å². The van der Waals surface area contributed by atoms with E-state index >= 15 is 0 Å². The molecule has 8 heterocycles. The summed E-state index contributed by atoms with van der Waals surface area (Å²) in [5.41, 5.74) is 3.30. The first-order valence-electron chi connectivity index (χ1n) is 19.2. The highest BCUT2D eigenvalue weighted by Crippen LogP contribution is 2.29. The molecule has 3 fully saturated rings. The molecule has 3 aliphatic heterocycles. The van der Waals surface area contributed by atoms with E-state index in [1.807, 2.05) is 74.7 Å². The molecule has 292 valence electrons. The van der Waals surface area contributed by atoms with Gasteiger partial charge >= 0.3 is 12.0 Å². The molecule has 0 bridgehead atoms. The molecule has 0 N–H and O–H groups in total. The molecule has 5 aromatic heterocycles. The summed E-state index contributed by atoms with van der Waals surface area (Å²) in [6.07, 6.45) is 6.72. The second-order valence-electron chi connectivity index (χ2n) is 14.3. The Bertz CT molecular complexity index is 2270. The zero-order valence-electron chi connectivity index (χ0n) is 32.1. The van der Waals surface area contributed by atoms with Crippen LogP contribution in [0.1, 0.15) is 37.1 Å². The third kappa shape index (κ3) is 8.63. The molecule has 15 nitrogen and oxygen atoms in total. The number of aryl methyl sites for hydroxylation is 1. The van der Waals surface area contributed by atoms with Crippen LogP contribution < -0.4 is 29.1 Å². The zero-order chi connectivity index (χ0) is 38.4. The minimum Gasteiger partial charge on any atom is -0.457 e. The molecule has 6 aromatic rings. The molecule has 9 rings (SSSR count). The number of morpholine rings is 1. The van der Waals surface area contributed by atoms with Gasteiger partial charge in [0.1, 0.15) is 36.5 Å². The van der Waals surface area contributed by atoms with E-state index in [0.29, 0.717) is 43.5 Å². The van der Waals surface area contributed by atoms with E-state index in [1.54, 1.807) is 4.68 Å². The van der Waals surface area contributed by atoms with Crippen LogP contribution in [0.5, 0.6) is 12.0 Å². The van der Waals surface area contributed by atoms with Gasteiger partial charge < -0.3 is 33.8 Å². The number of aromatic nitrogens is 8. The van der Waals surface area contributed by atoms with Crippen LogP contribution in [-0.2, 0) is 25.0 Å². The summed E-state index contributed by atoms with van der Waals surface area (Å²) in [6.45, 7) is 7.89. The van der Waals surface area contributed by atoms with E-state index in [9.17, 15) is 0 Å². The Kier molecular flexibility index (Phi) is 11.4. The fraction of sp³-hybridized carbons (Fsp3) is 0.425. The summed E-state index contributed by atoms with van der Waals surface area (Å²) in [5.74, 6) is 3.65. The number of anilines is 4. The quantitative estimate of drug-likeness (QED) is 0.168. The Labute approximate surface area is 331 Å². The zero-order valence-corrected chi connectivity index (χ0v) is 32.9. The minimum atomic E-state index is 0.327. The van der Waals surface area contributed by atoms with Crippen molar-refractivity contribution < 1.29 is 14.2 Å². The number of rotatable bonds is 10. The van der Waals surface area contributed by atoms with Gasteiger partial charge in [0, 0.05) is 70.8 Å². The van der Waals surface area contributed by atoms with Gasteiger partial charge in [-0.05, 0) is 68.1 Å². The van der Waals surface area contributed by atoms with Gasteiger partial charge in [0.2, 0.25) is 0 Å². The van der Waals surface area contributed by atoms with Crippen molar-refractivity contribution in [1.82, 2.24) is 39.7 Å². The lowest BCUT2D eigenvalue weighted by Gasteiger charge is -2.28. The summed E-state index contributed by atoms with van der Waals surface area (Å²) in [7, 11) is 5.75. The smallest absolute Gasteiger partial charge is 0.320 e. The molecular weight excluding hydrogens is 732 g/mol. The number of fused-ring (bicyclic) bond motifs is 2. The van der Waals surface area contributed by atoms with E-state index in [-0.39, 0.29) is 0 Å². The molecule has 0 radical (unpaired) electrons. The number of hydrogen-bond acceptors (Lipinski definition) is 14. The maximum atomic E-state index is 6.13. The number of ether oxygens (including phenoxy) is 3. The molecule has 0 saturated carbocycles. The highest BCUT2D eigenvalue weighted by atomic mass is 35.5. The normalized spacial score (nSPS) is 15.7. The summed E-state index contributed by atoms with van der Waals surface area (Å²) >= 11 is 6.13. The average Bonchev–Trinajstić information content (AvgIpc) is 4.04. The lowest BCUT2D eigenvalue weighted by Crippen LogP contribution is -2.37. The van der Waals surface area contributed by atoms with Crippen molar-refractivity contribution in [2.75, 3.05) is 86.2 Å². The predicted molar refractivity (Wildman–Crippen MR) is 218 cm³/mol. The summed E-state index contributed by atoms with van der Waals surface area (Å²) in [6, 6.07) is 18.4. The van der Waals surface area contributed by atoms with Crippen LogP contribution in [0.25, 0.3) is 21.9 Å². The van der Waals surface area contributed by atoms with Crippen LogP contribution in [0, 0.1) is 0 Å². The second-order valence-corrected chi connectivity index (χ2v) is 14.7. The van der Waals surface area contributed by atoms with Crippen LogP contribution in [0.15, 0.2) is 60.8 Å². The molecule has 56 heavy (non-hydrogen) atoms. The van der Waals surface area contributed by atoms with Gasteiger partial charge in [-0.25, -0.2) is 9.97 Å². The molecule has 0 atom stereocenters. The van der Waals surface area contributed by atoms with Gasteiger partial charge in [-0.15, -0.1) is 0 Å². The molecule has 0 unspecified atom stereocenters. The Morgan fingerprint density at radius 1 is 0.679 bits per heavy atom.